The van der Waals surface area contributed by atoms with Crippen molar-refractivity contribution in [3.05, 3.63) is 118 Å². The molecule has 3 aliphatic rings. The van der Waals surface area contributed by atoms with Crippen LogP contribution in [0.4, 0.5) is 14.9 Å². The summed E-state index contributed by atoms with van der Waals surface area (Å²) in [5, 5.41) is 35.5. The Morgan fingerprint density at radius 3 is 2.48 bits per heavy atom. The van der Waals surface area contributed by atoms with Crippen molar-refractivity contribution in [2.75, 3.05) is 33.5 Å². The number of carbonyl (C=O) groups excluding carboxylic acids is 1. The molecule has 6 atom stereocenters. The summed E-state index contributed by atoms with van der Waals surface area (Å²) in [5.74, 6) is -1.54. The molecule has 310 valence electrons. The maximum absolute atomic E-state index is 14.6. The van der Waals surface area contributed by atoms with Gasteiger partial charge in [-0.05, 0) is 86.4 Å². The predicted molar refractivity (Wildman–Crippen MR) is 214 cm³/mol. The molecule has 0 aromatic heterocycles. The van der Waals surface area contributed by atoms with Crippen LogP contribution in [-0.2, 0) is 16.2 Å². The quantitative estimate of drug-likeness (QED) is 0.0524. The Kier molecular flexibility index (Phi) is 14.2. The van der Waals surface area contributed by atoms with Crippen molar-refractivity contribution in [2.45, 2.75) is 76.2 Å². The Morgan fingerprint density at radius 2 is 1.79 bits per heavy atom. The number of nitro benzene ring substituents is 1. The fraction of sp³-hybridized carbons (Fsp3) is 0.455. The zero-order valence-corrected chi connectivity index (χ0v) is 33.0. The van der Waals surface area contributed by atoms with Gasteiger partial charge in [0.1, 0.15) is 42.3 Å². The number of nitro groups is 1. The second-order valence-electron chi connectivity index (χ2n) is 14.8. The lowest BCUT2D eigenvalue weighted by atomic mass is 9.55. The Labute approximate surface area is 337 Å². The Bertz CT molecular complexity index is 1970. The summed E-state index contributed by atoms with van der Waals surface area (Å²) in [5.41, 5.74) is 2.61. The van der Waals surface area contributed by atoms with E-state index in [1.54, 1.807) is 37.4 Å². The average Bonchev–Trinajstić information content (AvgIpc) is 3.23. The van der Waals surface area contributed by atoms with Gasteiger partial charge in [0.15, 0.2) is 0 Å². The van der Waals surface area contributed by atoms with Crippen LogP contribution in [-0.4, -0.2) is 77.1 Å². The molecular formula is C44H52FN3O10. The highest BCUT2D eigenvalue weighted by atomic mass is 19.1. The summed E-state index contributed by atoms with van der Waals surface area (Å²) in [6.07, 6.45) is 7.58. The monoisotopic (exact) mass is 801 g/mol. The normalized spacial score (nSPS) is 23.8. The van der Waals surface area contributed by atoms with Crippen molar-refractivity contribution in [1.29, 1.82) is 0 Å². The lowest BCUT2D eigenvalue weighted by molar-refractivity contribution is -0.384. The topological polar surface area (TPSA) is 162 Å². The van der Waals surface area contributed by atoms with Gasteiger partial charge < -0.3 is 38.9 Å². The Hall–Kier alpha value is -5.31. The number of fused-ring (bicyclic) bond motifs is 2. The number of nitrogens with zero attached hydrogens (tertiary/aromatic N) is 3. The first kappa shape index (κ1) is 42.3. The lowest BCUT2D eigenvalue weighted by Gasteiger charge is -2.59. The van der Waals surface area contributed by atoms with Crippen molar-refractivity contribution in [3.8, 4) is 17.2 Å². The highest BCUT2D eigenvalue weighted by Crippen LogP contribution is 2.61. The van der Waals surface area contributed by atoms with Gasteiger partial charge in [0, 0.05) is 55.9 Å². The highest BCUT2D eigenvalue weighted by molar-refractivity contribution is 6.03. The van der Waals surface area contributed by atoms with Gasteiger partial charge in [-0.2, -0.15) is 0 Å². The highest BCUT2D eigenvalue weighted by Gasteiger charge is 2.65. The van der Waals surface area contributed by atoms with Crippen molar-refractivity contribution in [1.82, 2.24) is 4.90 Å². The number of hydrogen-bond acceptors (Lipinski definition) is 11. The summed E-state index contributed by atoms with van der Waals surface area (Å²) in [6, 6.07) is 16.4. The molecule has 3 aromatic carbocycles. The molecule has 0 saturated heterocycles. The van der Waals surface area contributed by atoms with E-state index >= 15 is 0 Å². The Morgan fingerprint density at radius 1 is 1.07 bits per heavy atom. The minimum absolute atomic E-state index is 0.0105. The number of non-ortho nitro benzene ring substituents is 1. The van der Waals surface area contributed by atoms with E-state index in [1.807, 2.05) is 19.1 Å². The number of aliphatic hydroxyl groups is 2. The molecule has 0 spiro atoms. The third-order valence-corrected chi connectivity index (χ3v) is 11.3. The number of aliphatic hydroxyl groups excluding tert-OH is 2. The minimum atomic E-state index is -1.51. The molecule has 6 rings (SSSR count). The van der Waals surface area contributed by atoms with Crippen LogP contribution in [0.1, 0.15) is 68.9 Å². The fourth-order valence-electron chi connectivity index (χ4n) is 8.67. The zero-order chi connectivity index (χ0) is 41.2. The molecule has 0 unspecified atom stereocenters. The van der Waals surface area contributed by atoms with E-state index in [1.165, 1.54) is 35.2 Å². The molecule has 3 aromatic rings. The van der Waals surface area contributed by atoms with Gasteiger partial charge in [-0.25, -0.2) is 9.18 Å². The molecule has 2 N–H and O–H groups in total. The average molecular weight is 802 g/mol. The van der Waals surface area contributed by atoms with Crippen LogP contribution in [0, 0.1) is 33.7 Å². The number of oxime groups is 1. The van der Waals surface area contributed by atoms with Gasteiger partial charge in [0.05, 0.1) is 23.2 Å². The molecule has 1 amide bonds. The molecule has 1 saturated carbocycles. The van der Waals surface area contributed by atoms with E-state index < -0.39 is 28.8 Å². The van der Waals surface area contributed by atoms with Crippen molar-refractivity contribution < 1.29 is 48.1 Å². The molecule has 13 nitrogen and oxygen atoms in total. The summed E-state index contributed by atoms with van der Waals surface area (Å²) in [6.45, 7) is 6.28. The molecule has 2 aliphatic carbocycles. The van der Waals surface area contributed by atoms with Gasteiger partial charge in [-0.3, -0.25) is 10.1 Å². The number of benzene rings is 3. The number of rotatable bonds is 19. The van der Waals surface area contributed by atoms with Gasteiger partial charge in [0.25, 0.3) is 5.69 Å². The van der Waals surface area contributed by atoms with E-state index in [4.69, 9.17) is 23.8 Å². The van der Waals surface area contributed by atoms with Gasteiger partial charge >= 0.3 is 6.09 Å². The predicted octanol–water partition coefficient (Wildman–Crippen LogP) is 8.10. The summed E-state index contributed by atoms with van der Waals surface area (Å²) < 4.78 is 40.6. The van der Waals surface area contributed by atoms with Crippen LogP contribution in [0.5, 0.6) is 17.2 Å². The summed E-state index contributed by atoms with van der Waals surface area (Å²) in [4.78, 5) is 32.0. The van der Waals surface area contributed by atoms with Crippen LogP contribution in [0.2, 0.25) is 0 Å². The summed E-state index contributed by atoms with van der Waals surface area (Å²) in [7, 11) is 1.59. The second kappa shape index (κ2) is 19.4. The molecule has 0 bridgehead atoms. The van der Waals surface area contributed by atoms with Gasteiger partial charge in [-0.1, -0.05) is 48.3 Å². The van der Waals surface area contributed by atoms with Crippen LogP contribution >= 0.6 is 0 Å². The van der Waals surface area contributed by atoms with Crippen LogP contribution in [0.3, 0.4) is 0 Å². The van der Waals surface area contributed by atoms with Crippen molar-refractivity contribution >= 4 is 17.5 Å². The van der Waals surface area contributed by atoms with Gasteiger partial charge in [0.2, 0.25) is 5.79 Å². The first-order valence-electron chi connectivity index (χ1n) is 19.9. The van der Waals surface area contributed by atoms with E-state index in [0.717, 1.165) is 36.8 Å². The Balaban J connectivity index is 1.50. The summed E-state index contributed by atoms with van der Waals surface area (Å²) >= 11 is 0. The zero-order valence-electron chi connectivity index (χ0n) is 33.0. The molecule has 14 heteroatoms. The van der Waals surface area contributed by atoms with E-state index in [2.05, 4.69) is 17.8 Å². The molecular weight excluding hydrogens is 749 g/mol. The minimum Gasteiger partial charge on any atom is -0.489 e. The van der Waals surface area contributed by atoms with E-state index in [0.29, 0.717) is 42.2 Å². The van der Waals surface area contributed by atoms with Crippen LogP contribution < -0.4 is 14.2 Å². The number of carbonyl (C=O) groups is 1. The third-order valence-electron chi connectivity index (χ3n) is 11.3. The number of unbranched alkanes of at least 4 members (excludes halogenated alkanes) is 2. The molecule has 58 heavy (non-hydrogen) atoms. The van der Waals surface area contributed by atoms with Crippen molar-refractivity contribution in [3.63, 3.8) is 0 Å². The maximum atomic E-state index is 14.6. The largest absolute Gasteiger partial charge is 0.489 e. The standard InChI is InChI=1S/C44H52FN3O10/c1-4-24-55-44-40(47(3)43(51)57-32-18-16-31(17-19-32)48(52)53)27-38(46-56-5-2)35-25-29(12-8-10-22-49)34(14-9-11-23-50)41(42(35)44)36-26-33(20-21-39(36)58-44)54-28-30-13-6-7-15-37(30)45/h4,6-7,13,15-21,25-26,29,34,40-42,49-50H,1,5,8-12,14,22-24,27-28H2,2-3H3/t29-,34+,40-,41+,42+,44+/m0/s1. The maximum Gasteiger partial charge on any atom is 0.415 e. The third kappa shape index (κ3) is 9.04. The lowest BCUT2D eigenvalue weighted by Crippen LogP contribution is -2.69. The van der Waals surface area contributed by atoms with Crippen molar-refractivity contribution in [2.24, 2.45) is 22.9 Å². The SMILES string of the molecule is C=CCO[C@@]12Oc3ccc(OCc4ccccc4F)cc3[C@H]3[C@H](CCCCO)[C@@H](CCCCO)C=C(C(=NOCC)C[C@@H]1N(C)C(=O)Oc1ccc([N+](=O)[O-])cc1)[C@H]32. The molecule has 1 aliphatic heterocycles. The number of halogens is 1. The molecule has 0 radical (unpaired) electrons. The first-order chi connectivity index (χ1) is 28.1. The molecule has 1 heterocycles. The van der Waals surface area contributed by atoms with Gasteiger partial charge in [-0.15, -0.1) is 6.58 Å². The number of allylic oxidation sites excluding steroid dienone is 1. The molecule has 1 fully saturated rings. The number of likely N-dealkylation sites (N-methyl/N-ethyl adjacent to an activating group) is 1. The second-order valence-corrected chi connectivity index (χ2v) is 14.8. The number of hydrogen-bond donors (Lipinski definition) is 2. The van der Waals surface area contributed by atoms with Crippen LogP contribution in [0.25, 0.3) is 0 Å². The first-order valence-corrected chi connectivity index (χ1v) is 19.9. The van der Waals surface area contributed by atoms with E-state index in [9.17, 15) is 29.5 Å². The number of amides is 1. The smallest absolute Gasteiger partial charge is 0.415 e. The number of ether oxygens (including phenoxy) is 4. The fourth-order valence-corrected chi connectivity index (χ4v) is 8.67. The van der Waals surface area contributed by atoms with Crippen LogP contribution in [0.15, 0.2) is 96.2 Å². The van der Waals surface area contributed by atoms with E-state index in [-0.39, 0.29) is 67.9 Å².